The molecule has 0 bridgehead atoms. The Labute approximate surface area is 170 Å². The van der Waals surface area contributed by atoms with Gasteiger partial charge in [-0.15, -0.1) is 0 Å². The summed E-state index contributed by atoms with van der Waals surface area (Å²) in [5.74, 6) is -0.767. The van der Waals surface area contributed by atoms with Crippen LogP contribution in [-0.2, 0) is 9.59 Å². The number of carbonyl (C=O) groups excluding carboxylic acids is 3. The Morgan fingerprint density at radius 3 is 2.48 bits per heavy atom. The number of barbiturate groups is 1. The van der Waals surface area contributed by atoms with Gasteiger partial charge in [-0.05, 0) is 77.9 Å². The van der Waals surface area contributed by atoms with E-state index in [0.29, 0.717) is 17.0 Å². The summed E-state index contributed by atoms with van der Waals surface area (Å²) in [7, 11) is 1.54. The summed E-state index contributed by atoms with van der Waals surface area (Å²) >= 11 is 2.12. The zero-order chi connectivity index (χ0) is 19.7. The number of aryl methyl sites for hydroxylation is 2. The van der Waals surface area contributed by atoms with Gasteiger partial charge in [0.15, 0.2) is 0 Å². The second-order valence-electron chi connectivity index (χ2n) is 6.17. The molecule has 0 aromatic heterocycles. The van der Waals surface area contributed by atoms with Gasteiger partial charge in [-0.1, -0.05) is 17.7 Å². The highest BCUT2D eigenvalue weighted by Crippen LogP contribution is 2.27. The molecule has 2 aromatic rings. The van der Waals surface area contributed by atoms with Crippen molar-refractivity contribution in [2.75, 3.05) is 12.0 Å². The first-order valence-corrected chi connectivity index (χ1v) is 9.21. The van der Waals surface area contributed by atoms with Crippen LogP contribution in [0.25, 0.3) is 6.08 Å². The van der Waals surface area contributed by atoms with E-state index < -0.39 is 17.8 Å². The highest BCUT2D eigenvalue weighted by Gasteiger charge is 2.37. The number of benzene rings is 2. The molecule has 0 spiro atoms. The molecule has 1 aliphatic heterocycles. The van der Waals surface area contributed by atoms with Gasteiger partial charge in [0.05, 0.1) is 12.8 Å². The molecule has 0 aliphatic carbocycles. The molecule has 1 N–H and O–H groups in total. The average molecular weight is 476 g/mol. The van der Waals surface area contributed by atoms with Crippen LogP contribution in [0.5, 0.6) is 5.75 Å². The van der Waals surface area contributed by atoms with Crippen molar-refractivity contribution in [2.24, 2.45) is 0 Å². The van der Waals surface area contributed by atoms with Crippen molar-refractivity contribution in [3.8, 4) is 5.75 Å². The maximum Gasteiger partial charge on any atom is 0.335 e. The van der Waals surface area contributed by atoms with E-state index >= 15 is 0 Å². The van der Waals surface area contributed by atoms with Crippen LogP contribution < -0.4 is 15.0 Å². The number of nitrogens with zero attached hydrogens (tertiary/aromatic N) is 1. The summed E-state index contributed by atoms with van der Waals surface area (Å²) in [5.41, 5.74) is 2.74. The molecule has 27 heavy (non-hydrogen) atoms. The molecule has 7 heteroatoms. The molecule has 0 radical (unpaired) electrons. The van der Waals surface area contributed by atoms with E-state index in [4.69, 9.17) is 4.74 Å². The Kier molecular flexibility index (Phi) is 5.31. The van der Waals surface area contributed by atoms with Crippen molar-refractivity contribution in [3.05, 3.63) is 62.2 Å². The number of rotatable bonds is 3. The van der Waals surface area contributed by atoms with E-state index in [1.807, 2.05) is 38.1 Å². The van der Waals surface area contributed by atoms with Crippen molar-refractivity contribution in [2.45, 2.75) is 13.8 Å². The minimum Gasteiger partial charge on any atom is -0.497 e. The molecular formula is C20H17IN2O4. The molecule has 1 aliphatic rings. The third kappa shape index (κ3) is 3.87. The van der Waals surface area contributed by atoms with E-state index in [9.17, 15) is 14.4 Å². The number of hydrogen-bond donors (Lipinski definition) is 1. The van der Waals surface area contributed by atoms with Gasteiger partial charge in [0.1, 0.15) is 11.3 Å². The quantitative estimate of drug-likeness (QED) is 0.418. The van der Waals surface area contributed by atoms with Gasteiger partial charge in [-0.25, -0.2) is 9.69 Å². The molecule has 1 heterocycles. The van der Waals surface area contributed by atoms with E-state index in [-0.39, 0.29) is 5.57 Å². The van der Waals surface area contributed by atoms with Crippen molar-refractivity contribution in [1.82, 2.24) is 5.32 Å². The summed E-state index contributed by atoms with van der Waals surface area (Å²) in [5, 5.41) is 2.24. The number of carbonyl (C=O) groups is 3. The van der Waals surface area contributed by atoms with Crippen LogP contribution in [0.15, 0.2) is 42.0 Å². The Morgan fingerprint density at radius 2 is 1.81 bits per heavy atom. The highest BCUT2D eigenvalue weighted by atomic mass is 127. The first kappa shape index (κ1) is 19.1. The normalized spacial score (nSPS) is 15.9. The highest BCUT2D eigenvalue weighted by molar-refractivity contribution is 14.1. The fourth-order valence-electron chi connectivity index (χ4n) is 2.88. The minimum absolute atomic E-state index is 0.112. The minimum atomic E-state index is -0.755. The van der Waals surface area contributed by atoms with Crippen LogP contribution in [0.4, 0.5) is 10.5 Å². The largest absolute Gasteiger partial charge is 0.497 e. The van der Waals surface area contributed by atoms with Gasteiger partial charge in [0, 0.05) is 3.57 Å². The van der Waals surface area contributed by atoms with E-state index in [1.165, 1.54) is 6.08 Å². The van der Waals surface area contributed by atoms with E-state index in [0.717, 1.165) is 19.6 Å². The predicted molar refractivity (Wildman–Crippen MR) is 111 cm³/mol. The van der Waals surface area contributed by atoms with Gasteiger partial charge < -0.3 is 4.74 Å². The zero-order valence-corrected chi connectivity index (χ0v) is 17.2. The summed E-state index contributed by atoms with van der Waals surface area (Å²) < 4.78 is 6.12. The Morgan fingerprint density at radius 1 is 1.07 bits per heavy atom. The molecule has 0 unspecified atom stereocenters. The van der Waals surface area contributed by atoms with Crippen LogP contribution in [0.1, 0.15) is 16.7 Å². The van der Waals surface area contributed by atoms with Gasteiger partial charge in [0.2, 0.25) is 0 Å². The first-order chi connectivity index (χ1) is 12.8. The molecular weight excluding hydrogens is 459 g/mol. The number of imide groups is 2. The number of halogens is 1. The second kappa shape index (κ2) is 7.51. The summed E-state index contributed by atoms with van der Waals surface area (Å²) in [6.45, 7) is 3.74. The van der Waals surface area contributed by atoms with Crippen LogP contribution in [-0.4, -0.2) is 25.0 Å². The summed E-state index contributed by atoms with van der Waals surface area (Å²) in [6.07, 6.45) is 1.46. The number of ether oxygens (including phenoxy) is 1. The van der Waals surface area contributed by atoms with Crippen molar-refractivity contribution < 1.29 is 19.1 Å². The monoisotopic (exact) mass is 476 g/mol. The van der Waals surface area contributed by atoms with Crippen molar-refractivity contribution in [3.63, 3.8) is 0 Å². The first-order valence-electron chi connectivity index (χ1n) is 8.13. The standard InChI is InChI=1S/C20H17IN2O4/c1-11-4-5-17(12(2)6-11)23-19(25)16(18(24)22-20(23)26)9-13-7-14(21)10-15(8-13)27-3/h4-10H,1-3H3,(H,22,24,26)/b16-9+. The fraction of sp³-hybridized carbons (Fsp3) is 0.150. The number of hydrogen-bond acceptors (Lipinski definition) is 4. The Hall–Kier alpha value is -2.68. The van der Waals surface area contributed by atoms with Gasteiger partial charge in [-0.2, -0.15) is 0 Å². The number of amides is 4. The molecule has 3 rings (SSSR count). The molecule has 6 nitrogen and oxygen atoms in total. The molecule has 1 fully saturated rings. The maximum atomic E-state index is 13.0. The lowest BCUT2D eigenvalue weighted by molar-refractivity contribution is -0.122. The van der Waals surface area contributed by atoms with Crippen molar-refractivity contribution in [1.29, 1.82) is 0 Å². The SMILES string of the molecule is COc1cc(I)cc(/C=C2\C(=O)NC(=O)N(c3ccc(C)cc3C)C2=O)c1. The molecule has 1 saturated heterocycles. The van der Waals surface area contributed by atoms with E-state index in [1.54, 1.807) is 19.2 Å². The van der Waals surface area contributed by atoms with Crippen LogP contribution in [0.3, 0.4) is 0 Å². The Bertz CT molecular complexity index is 997. The molecule has 2 aromatic carbocycles. The maximum absolute atomic E-state index is 13.0. The van der Waals surface area contributed by atoms with Crippen LogP contribution in [0.2, 0.25) is 0 Å². The van der Waals surface area contributed by atoms with Gasteiger partial charge in [0.25, 0.3) is 11.8 Å². The smallest absolute Gasteiger partial charge is 0.335 e. The third-order valence-electron chi connectivity index (χ3n) is 4.14. The molecule has 4 amide bonds. The second-order valence-corrected chi connectivity index (χ2v) is 7.42. The summed E-state index contributed by atoms with van der Waals surface area (Å²) in [4.78, 5) is 38.6. The van der Waals surface area contributed by atoms with Crippen molar-refractivity contribution >= 4 is 52.2 Å². The van der Waals surface area contributed by atoms with Crippen LogP contribution in [0, 0.1) is 17.4 Å². The predicted octanol–water partition coefficient (Wildman–Crippen LogP) is 3.58. The fourth-order valence-corrected chi connectivity index (χ4v) is 3.55. The zero-order valence-electron chi connectivity index (χ0n) is 15.0. The van der Waals surface area contributed by atoms with Gasteiger partial charge in [-0.3, -0.25) is 14.9 Å². The van der Waals surface area contributed by atoms with Gasteiger partial charge >= 0.3 is 6.03 Å². The molecule has 138 valence electrons. The lowest BCUT2D eigenvalue weighted by Gasteiger charge is -2.27. The topological polar surface area (TPSA) is 75.7 Å². The van der Waals surface area contributed by atoms with E-state index in [2.05, 4.69) is 27.9 Å². The number of urea groups is 1. The Balaban J connectivity index is 2.06. The number of methoxy groups -OCH3 is 1. The number of anilines is 1. The lowest BCUT2D eigenvalue weighted by atomic mass is 10.0. The molecule has 0 atom stereocenters. The lowest BCUT2D eigenvalue weighted by Crippen LogP contribution is -2.54. The van der Waals surface area contributed by atoms with Crippen LogP contribution >= 0.6 is 22.6 Å². The third-order valence-corrected chi connectivity index (χ3v) is 4.76. The number of nitrogens with one attached hydrogen (secondary N) is 1. The average Bonchev–Trinajstić information content (AvgIpc) is 2.59. The molecule has 0 saturated carbocycles. The summed E-state index contributed by atoms with van der Waals surface area (Å²) in [6, 6.07) is 9.99.